The Kier molecular flexibility index (Phi) is 39.0. The van der Waals surface area contributed by atoms with Crippen molar-refractivity contribution in [1.29, 1.82) is 0 Å². The minimum Gasteiger partial charge on any atom is -0.424 e. The summed E-state index contributed by atoms with van der Waals surface area (Å²) in [6.07, 6.45) is 6.35. The summed E-state index contributed by atoms with van der Waals surface area (Å²) in [6, 6.07) is 10.0. The zero-order valence-electron chi connectivity index (χ0n) is 16.6. The molecule has 0 aliphatic rings. The molecule has 0 saturated carbocycles. The fourth-order valence-electron chi connectivity index (χ4n) is 1.03. The molecule has 0 aliphatic heterocycles. The Morgan fingerprint density at radius 1 is 1.12 bits per heavy atom. The van der Waals surface area contributed by atoms with Crippen LogP contribution in [-0.2, 0) is 35.6 Å². The molecule has 134 valence electrons. The fraction of sp³-hybridized carbons (Fsp3) is 0.500. The molecule has 0 heterocycles. The smallest absolute Gasteiger partial charge is 0.424 e. The average molecular weight is 457 g/mol. The van der Waals surface area contributed by atoms with E-state index < -0.39 is 0 Å². The van der Waals surface area contributed by atoms with Crippen LogP contribution in [0.4, 0.5) is 0 Å². The first kappa shape index (κ1) is 33.2. The molecule has 0 fully saturated rings. The van der Waals surface area contributed by atoms with Gasteiger partial charge in [-0.3, -0.25) is 0 Å². The molecule has 0 N–H and O–H groups in total. The molecule has 1 atom stereocenters. The maximum Gasteiger partial charge on any atom is 2.00 e. The quantitative estimate of drug-likeness (QED) is 0.258. The normalized spacial score (nSPS) is 10.3. The molecule has 0 bridgehead atoms. The second-order valence-electron chi connectivity index (χ2n) is 4.81. The van der Waals surface area contributed by atoms with Gasteiger partial charge in [0.2, 0.25) is 0 Å². The number of unbranched alkanes of at least 4 members (excludes halogenated alkanes) is 2. The summed E-state index contributed by atoms with van der Waals surface area (Å²) in [6.45, 7) is 14.2. The molecule has 0 aliphatic carbocycles. The van der Waals surface area contributed by atoms with Crippen molar-refractivity contribution in [3.8, 4) is 0 Å². The predicted octanol–water partition coefficient (Wildman–Crippen LogP) is 3.52. The molecule has 0 amide bonds. The van der Waals surface area contributed by atoms with Crippen molar-refractivity contribution in [1.82, 2.24) is 0 Å². The molecular formula is C20H32BrLiO2Zn. The summed E-state index contributed by atoms with van der Waals surface area (Å²) in [4.78, 5) is 2.73. The molecule has 0 spiro atoms. The summed E-state index contributed by atoms with van der Waals surface area (Å²) in [5, 5.41) is 0. The Hall–Kier alpha value is 0.581. The maximum absolute atomic E-state index is 5.35. The number of hydrogen-bond acceptors (Lipinski definition) is 2. The van der Waals surface area contributed by atoms with Crippen LogP contribution in [0.5, 0.6) is 0 Å². The van der Waals surface area contributed by atoms with Crippen LogP contribution in [0.3, 0.4) is 0 Å². The van der Waals surface area contributed by atoms with E-state index in [1.54, 1.807) is 6.08 Å². The van der Waals surface area contributed by atoms with Crippen molar-refractivity contribution in [3.05, 3.63) is 60.8 Å². The Morgan fingerprint density at radius 2 is 1.60 bits per heavy atom. The summed E-state index contributed by atoms with van der Waals surface area (Å²) < 4.78 is 10.7. The van der Waals surface area contributed by atoms with Crippen LogP contribution in [0.15, 0.2) is 36.4 Å². The van der Waals surface area contributed by atoms with Crippen LogP contribution >= 0.6 is 15.9 Å². The SMILES string of the molecule is CC(C=[C-]Br)OCOCc1ccccc1.[CH2-]CCC.[CH2-]CCC.[Li+].[Zn+2]. The second-order valence-corrected chi connectivity index (χ2v) is 5.26. The molecule has 2 nitrogen and oxygen atoms in total. The first-order valence-corrected chi connectivity index (χ1v) is 8.96. The van der Waals surface area contributed by atoms with Crippen LogP contribution in [0.2, 0.25) is 0 Å². The van der Waals surface area contributed by atoms with Crippen molar-refractivity contribution in [2.75, 3.05) is 6.79 Å². The minimum atomic E-state index is 0. The second kappa shape index (κ2) is 29.3. The molecule has 1 aromatic carbocycles. The van der Waals surface area contributed by atoms with Crippen molar-refractivity contribution in [2.45, 2.75) is 59.2 Å². The summed E-state index contributed by atoms with van der Waals surface area (Å²) in [5.74, 6) is 0. The third-order valence-electron chi connectivity index (χ3n) is 2.53. The fourth-order valence-corrected chi connectivity index (χ4v) is 1.40. The molecule has 1 rings (SSSR count). The number of hydrogen-bond donors (Lipinski definition) is 0. The average Bonchev–Trinajstić information content (AvgIpc) is 2.60. The monoisotopic (exact) mass is 454 g/mol. The topological polar surface area (TPSA) is 18.5 Å². The standard InChI is InChI=1S/C12H14BrO2.2C4H9.Li.Zn/c1-11(7-8-13)15-10-14-9-12-5-3-2-4-6-12;2*1-3-4-2;;/h2-7,11H,9-10H2,1H3;2*1,3-4H2,2H3;;/q3*-1;+1;+2. The van der Waals surface area contributed by atoms with Gasteiger partial charge in [0.25, 0.3) is 0 Å². The molecule has 0 radical (unpaired) electrons. The number of ether oxygens (including phenoxy) is 2. The molecule has 0 saturated heterocycles. The Balaban J connectivity index is -0.000000187. The van der Waals surface area contributed by atoms with E-state index in [1.807, 2.05) is 37.3 Å². The van der Waals surface area contributed by atoms with Gasteiger partial charge in [-0.15, -0.1) is 0 Å². The van der Waals surface area contributed by atoms with Gasteiger partial charge in [-0.1, -0.05) is 57.0 Å². The van der Waals surface area contributed by atoms with E-state index in [9.17, 15) is 0 Å². The molecule has 0 aromatic heterocycles. The first-order chi connectivity index (χ1) is 11.2. The zero-order chi connectivity index (χ0) is 17.8. The zero-order valence-corrected chi connectivity index (χ0v) is 21.2. The van der Waals surface area contributed by atoms with Crippen LogP contribution < -0.4 is 18.9 Å². The van der Waals surface area contributed by atoms with Crippen LogP contribution in [-0.4, -0.2) is 12.9 Å². The number of benzene rings is 1. The van der Waals surface area contributed by atoms with Gasteiger partial charge in [-0.05, 0) is 12.5 Å². The van der Waals surface area contributed by atoms with Crippen molar-refractivity contribution in [3.63, 3.8) is 0 Å². The van der Waals surface area contributed by atoms with E-state index in [0.29, 0.717) is 13.4 Å². The van der Waals surface area contributed by atoms with E-state index in [4.69, 9.17) is 9.47 Å². The largest absolute Gasteiger partial charge is 2.00 e. The van der Waals surface area contributed by atoms with Gasteiger partial charge in [0.1, 0.15) is 6.79 Å². The summed E-state index contributed by atoms with van der Waals surface area (Å²) in [7, 11) is 0. The molecule has 1 aromatic rings. The van der Waals surface area contributed by atoms with Crippen LogP contribution in [0.25, 0.3) is 0 Å². The van der Waals surface area contributed by atoms with E-state index >= 15 is 0 Å². The van der Waals surface area contributed by atoms with E-state index in [2.05, 4.69) is 48.6 Å². The van der Waals surface area contributed by atoms with Gasteiger partial charge in [0.15, 0.2) is 0 Å². The molecule has 5 heteroatoms. The maximum atomic E-state index is 5.35. The van der Waals surface area contributed by atoms with E-state index in [1.165, 1.54) is 12.8 Å². The van der Waals surface area contributed by atoms with E-state index in [0.717, 1.165) is 18.4 Å². The Bertz CT molecular complexity index is 343. The first-order valence-electron chi connectivity index (χ1n) is 8.17. The van der Waals surface area contributed by atoms with Crippen molar-refractivity contribution >= 4 is 15.9 Å². The van der Waals surface area contributed by atoms with Gasteiger partial charge in [0, 0.05) is 6.10 Å². The number of rotatable bonds is 8. The van der Waals surface area contributed by atoms with Gasteiger partial charge >= 0.3 is 38.3 Å². The van der Waals surface area contributed by atoms with E-state index in [-0.39, 0.29) is 44.4 Å². The van der Waals surface area contributed by atoms with Crippen molar-refractivity contribution in [2.24, 2.45) is 0 Å². The third kappa shape index (κ3) is 29.6. The summed E-state index contributed by atoms with van der Waals surface area (Å²) in [5.41, 5.74) is 1.15. The molecule has 25 heavy (non-hydrogen) atoms. The Labute approximate surface area is 189 Å². The minimum absolute atomic E-state index is 0. The molecular weight excluding hydrogens is 424 g/mol. The third-order valence-corrected chi connectivity index (χ3v) is 2.79. The Morgan fingerprint density at radius 3 is 2.00 bits per heavy atom. The predicted molar refractivity (Wildman–Crippen MR) is 104 cm³/mol. The van der Waals surface area contributed by atoms with Crippen LogP contribution in [0.1, 0.15) is 52.0 Å². The van der Waals surface area contributed by atoms with Gasteiger partial charge < -0.3 is 44.2 Å². The summed E-state index contributed by atoms with van der Waals surface area (Å²) >= 11 is 3.07. The van der Waals surface area contributed by atoms with Crippen LogP contribution in [0, 0.1) is 18.8 Å². The van der Waals surface area contributed by atoms with Gasteiger partial charge in [-0.25, -0.2) is 6.08 Å². The van der Waals surface area contributed by atoms with Gasteiger partial charge in [-0.2, -0.15) is 12.8 Å². The van der Waals surface area contributed by atoms with Crippen molar-refractivity contribution < 1.29 is 47.8 Å². The molecule has 1 unspecified atom stereocenters. The van der Waals surface area contributed by atoms with Gasteiger partial charge in [0.05, 0.1) is 6.61 Å². The number of halogens is 1.